The predicted octanol–water partition coefficient (Wildman–Crippen LogP) is 1.83. The van der Waals surface area contributed by atoms with Crippen LogP contribution in [0.2, 0.25) is 0 Å². The SMILES string of the molecule is CC(NCC(=O)N(C)C1CC1)c1ccc(C#N)cc1. The van der Waals surface area contributed by atoms with E-state index in [1.807, 2.05) is 31.0 Å². The zero-order valence-corrected chi connectivity index (χ0v) is 11.4. The van der Waals surface area contributed by atoms with Crippen LogP contribution in [0.1, 0.15) is 36.9 Å². The van der Waals surface area contributed by atoms with Crippen molar-refractivity contribution in [2.24, 2.45) is 0 Å². The highest BCUT2D eigenvalue weighted by molar-refractivity contribution is 5.78. The lowest BCUT2D eigenvalue weighted by Gasteiger charge is -2.19. The van der Waals surface area contributed by atoms with Crippen molar-refractivity contribution in [1.29, 1.82) is 5.26 Å². The molecular formula is C15H19N3O. The van der Waals surface area contributed by atoms with Crippen LogP contribution in [0.25, 0.3) is 0 Å². The van der Waals surface area contributed by atoms with Gasteiger partial charge in [0, 0.05) is 19.1 Å². The lowest BCUT2D eigenvalue weighted by molar-refractivity contribution is -0.129. The van der Waals surface area contributed by atoms with Gasteiger partial charge in [0.1, 0.15) is 0 Å². The van der Waals surface area contributed by atoms with Gasteiger partial charge in [0.2, 0.25) is 5.91 Å². The van der Waals surface area contributed by atoms with Gasteiger partial charge in [0.25, 0.3) is 0 Å². The fourth-order valence-corrected chi connectivity index (χ4v) is 1.99. The van der Waals surface area contributed by atoms with Crippen molar-refractivity contribution in [2.75, 3.05) is 13.6 Å². The summed E-state index contributed by atoms with van der Waals surface area (Å²) < 4.78 is 0. The fourth-order valence-electron chi connectivity index (χ4n) is 1.99. The quantitative estimate of drug-likeness (QED) is 0.875. The minimum absolute atomic E-state index is 0.101. The smallest absolute Gasteiger partial charge is 0.236 e. The van der Waals surface area contributed by atoms with E-state index in [2.05, 4.69) is 11.4 Å². The first-order valence-electron chi connectivity index (χ1n) is 6.61. The van der Waals surface area contributed by atoms with Gasteiger partial charge in [-0.2, -0.15) is 5.26 Å². The first kappa shape index (κ1) is 13.6. The Hall–Kier alpha value is -1.86. The van der Waals surface area contributed by atoms with Crippen LogP contribution in [-0.4, -0.2) is 30.4 Å². The van der Waals surface area contributed by atoms with Gasteiger partial charge >= 0.3 is 0 Å². The molecule has 1 aromatic rings. The Balaban J connectivity index is 1.84. The second-order valence-corrected chi connectivity index (χ2v) is 5.07. The number of nitriles is 1. The highest BCUT2D eigenvalue weighted by Crippen LogP contribution is 2.25. The van der Waals surface area contributed by atoms with E-state index < -0.39 is 0 Å². The molecule has 4 heteroatoms. The molecule has 2 rings (SSSR count). The number of hydrogen-bond donors (Lipinski definition) is 1. The zero-order chi connectivity index (χ0) is 13.8. The minimum atomic E-state index is 0.101. The maximum Gasteiger partial charge on any atom is 0.236 e. The number of hydrogen-bond acceptors (Lipinski definition) is 3. The third-order valence-electron chi connectivity index (χ3n) is 3.59. The third kappa shape index (κ3) is 3.55. The Labute approximate surface area is 114 Å². The van der Waals surface area contributed by atoms with Crippen LogP contribution in [0.15, 0.2) is 24.3 Å². The normalized spacial score (nSPS) is 15.6. The average Bonchev–Trinajstić information content (AvgIpc) is 3.28. The highest BCUT2D eigenvalue weighted by Gasteiger charge is 2.29. The zero-order valence-electron chi connectivity index (χ0n) is 11.4. The van der Waals surface area contributed by atoms with Gasteiger partial charge in [0.05, 0.1) is 18.2 Å². The van der Waals surface area contributed by atoms with Gasteiger partial charge in [-0.3, -0.25) is 4.79 Å². The number of likely N-dealkylation sites (N-methyl/N-ethyl adjacent to an activating group) is 1. The Morgan fingerprint density at radius 1 is 1.47 bits per heavy atom. The van der Waals surface area contributed by atoms with Crippen molar-refractivity contribution >= 4 is 5.91 Å². The summed E-state index contributed by atoms with van der Waals surface area (Å²) in [5.74, 6) is 0.142. The first-order valence-corrected chi connectivity index (χ1v) is 6.61. The number of nitrogens with zero attached hydrogens (tertiary/aromatic N) is 2. The van der Waals surface area contributed by atoms with Crippen molar-refractivity contribution in [3.05, 3.63) is 35.4 Å². The molecular weight excluding hydrogens is 238 g/mol. The van der Waals surface area contributed by atoms with E-state index in [0.29, 0.717) is 18.2 Å². The van der Waals surface area contributed by atoms with Crippen LogP contribution in [0.3, 0.4) is 0 Å². The Morgan fingerprint density at radius 2 is 2.11 bits per heavy atom. The van der Waals surface area contributed by atoms with Crippen LogP contribution in [0.5, 0.6) is 0 Å². The minimum Gasteiger partial charge on any atom is -0.342 e. The van der Waals surface area contributed by atoms with Crippen molar-refractivity contribution in [3.8, 4) is 6.07 Å². The third-order valence-corrected chi connectivity index (χ3v) is 3.59. The molecule has 0 aromatic heterocycles. The number of rotatable bonds is 5. The largest absolute Gasteiger partial charge is 0.342 e. The van der Waals surface area contributed by atoms with E-state index in [4.69, 9.17) is 5.26 Å². The van der Waals surface area contributed by atoms with E-state index >= 15 is 0 Å². The molecule has 1 aliphatic carbocycles. The van der Waals surface area contributed by atoms with Gasteiger partial charge in [0.15, 0.2) is 0 Å². The Bertz CT molecular complexity index is 485. The van der Waals surface area contributed by atoms with Crippen LogP contribution in [0, 0.1) is 11.3 Å². The molecule has 0 heterocycles. The molecule has 0 saturated heterocycles. The van der Waals surface area contributed by atoms with Crippen molar-refractivity contribution in [3.63, 3.8) is 0 Å². The molecule has 1 aromatic carbocycles. The molecule has 1 N–H and O–H groups in total. The molecule has 1 fully saturated rings. The molecule has 1 atom stereocenters. The van der Waals surface area contributed by atoms with Gasteiger partial charge in [-0.15, -0.1) is 0 Å². The second kappa shape index (κ2) is 5.85. The van der Waals surface area contributed by atoms with Crippen molar-refractivity contribution < 1.29 is 4.79 Å². The number of amides is 1. The summed E-state index contributed by atoms with van der Waals surface area (Å²) in [7, 11) is 1.87. The summed E-state index contributed by atoms with van der Waals surface area (Å²) in [6.45, 7) is 2.37. The average molecular weight is 257 g/mol. The lowest BCUT2D eigenvalue weighted by atomic mass is 10.1. The van der Waals surface area contributed by atoms with E-state index in [-0.39, 0.29) is 11.9 Å². The molecule has 0 aliphatic heterocycles. The Morgan fingerprint density at radius 3 is 2.63 bits per heavy atom. The maximum absolute atomic E-state index is 11.9. The second-order valence-electron chi connectivity index (χ2n) is 5.07. The maximum atomic E-state index is 11.9. The standard InChI is InChI=1S/C15H19N3O/c1-11(13-5-3-12(9-16)4-6-13)17-10-15(19)18(2)14-7-8-14/h3-6,11,14,17H,7-8,10H2,1-2H3. The molecule has 0 spiro atoms. The lowest BCUT2D eigenvalue weighted by Crippen LogP contribution is -2.37. The molecule has 19 heavy (non-hydrogen) atoms. The van der Waals surface area contributed by atoms with Crippen LogP contribution >= 0.6 is 0 Å². The number of carbonyl (C=O) groups is 1. The Kier molecular flexibility index (Phi) is 4.18. The van der Waals surface area contributed by atoms with Gasteiger partial charge in [-0.1, -0.05) is 12.1 Å². The summed E-state index contributed by atoms with van der Waals surface area (Å²) in [6.07, 6.45) is 2.26. The summed E-state index contributed by atoms with van der Waals surface area (Å²) in [4.78, 5) is 13.7. The van der Waals surface area contributed by atoms with Gasteiger partial charge < -0.3 is 10.2 Å². The molecule has 1 aliphatic rings. The first-order chi connectivity index (χ1) is 9.11. The highest BCUT2D eigenvalue weighted by atomic mass is 16.2. The van der Waals surface area contributed by atoms with E-state index in [9.17, 15) is 4.79 Å². The van der Waals surface area contributed by atoms with E-state index in [0.717, 1.165) is 18.4 Å². The van der Waals surface area contributed by atoms with Gasteiger partial charge in [-0.05, 0) is 37.5 Å². The van der Waals surface area contributed by atoms with Crippen molar-refractivity contribution in [2.45, 2.75) is 31.8 Å². The van der Waals surface area contributed by atoms with Crippen LogP contribution < -0.4 is 5.32 Å². The number of carbonyl (C=O) groups excluding carboxylic acids is 1. The summed E-state index contributed by atoms with van der Waals surface area (Å²) >= 11 is 0. The molecule has 1 unspecified atom stereocenters. The molecule has 0 radical (unpaired) electrons. The fraction of sp³-hybridized carbons (Fsp3) is 0.467. The van der Waals surface area contributed by atoms with E-state index in [1.54, 1.807) is 12.1 Å². The monoisotopic (exact) mass is 257 g/mol. The summed E-state index contributed by atoms with van der Waals surface area (Å²) in [5, 5.41) is 12.0. The number of nitrogens with one attached hydrogen (secondary N) is 1. The summed E-state index contributed by atoms with van der Waals surface area (Å²) in [5.41, 5.74) is 1.74. The predicted molar refractivity (Wildman–Crippen MR) is 73.4 cm³/mol. The molecule has 100 valence electrons. The van der Waals surface area contributed by atoms with Crippen LogP contribution in [-0.2, 0) is 4.79 Å². The van der Waals surface area contributed by atoms with Gasteiger partial charge in [-0.25, -0.2) is 0 Å². The molecule has 0 bridgehead atoms. The molecule has 4 nitrogen and oxygen atoms in total. The summed E-state index contributed by atoms with van der Waals surface area (Å²) in [6, 6.07) is 10.1. The van der Waals surface area contributed by atoms with Crippen LogP contribution in [0.4, 0.5) is 0 Å². The number of benzene rings is 1. The topological polar surface area (TPSA) is 56.1 Å². The van der Waals surface area contributed by atoms with Crippen molar-refractivity contribution in [1.82, 2.24) is 10.2 Å². The molecule has 1 saturated carbocycles. The van der Waals surface area contributed by atoms with E-state index in [1.165, 1.54) is 0 Å². The molecule has 1 amide bonds.